The highest BCUT2D eigenvalue weighted by atomic mass is 16.5. The van der Waals surface area contributed by atoms with Crippen molar-refractivity contribution in [1.82, 2.24) is 4.98 Å². The third kappa shape index (κ3) is 3.03. The zero-order valence-electron chi connectivity index (χ0n) is 9.91. The zero-order valence-corrected chi connectivity index (χ0v) is 9.91. The van der Waals surface area contributed by atoms with E-state index in [2.05, 4.69) is 11.1 Å². The van der Waals surface area contributed by atoms with Gasteiger partial charge in [0.2, 0.25) is 0 Å². The van der Waals surface area contributed by atoms with Crippen LogP contribution in [-0.4, -0.2) is 17.1 Å². The summed E-state index contributed by atoms with van der Waals surface area (Å²) in [5, 5.41) is 0. The number of ether oxygens (including phenoxy) is 1. The molecule has 3 nitrogen and oxygen atoms in total. The first-order valence-electron chi connectivity index (χ1n) is 5.95. The lowest BCUT2D eigenvalue weighted by atomic mass is 10.0. The molecule has 1 saturated carbocycles. The molecule has 0 amide bonds. The minimum absolute atomic E-state index is 0.0722. The van der Waals surface area contributed by atoms with Gasteiger partial charge in [-0.25, -0.2) is 0 Å². The number of rotatable bonds is 4. The van der Waals surface area contributed by atoms with Crippen LogP contribution in [0.1, 0.15) is 36.8 Å². The largest absolute Gasteiger partial charge is 0.375 e. The molecule has 16 heavy (non-hydrogen) atoms. The van der Waals surface area contributed by atoms with Gasteiger partial charge in [0.25, 0.3) is 0 Å². The second-order valence-corrected chi connectivity index (χ2v) is 4.93. The molecule has 1 aromatic rings. The van der Waals surface area contributed by atoms with Crippen molar-refractivity contribution in [2.24, 2.45) is 5.73 Å². The van der Waals surface area contributed by atoms with E-state index < -0.39 is 0 Å². The van der Waals surface area contributed by atoms with Crippen molar-refractivity contribution in [3.8, 4) is 0 Å². The third-order valence-corrected chi connectivity index (χ3v) is 3.19. The van der Waals surface area contributed by atoms with E-state index in [0.29, 0.717) is 13.2 Å². The molecule has 0 saturated heterocycles. The van der Waals surface area contributed by atoms with Gasteiger partial charge < -0.3 is 10.5 Å². The molecule has 0 unspecified atom stereocenters. The Kier molecular flexibility index (Phi) is 3.56. The summed E-state index contributed by atoms with van der Waals surface area (Å²) in [6, 6.07) is 2.10. The Hall–Kier alpha value is -0.930. The van der Waals surface area contributed by atoms with Gasteiger partial charge in [-0.3, -0.25) is 4.98 Å². The molecule has 0 bridgehead atoms. The molecule has 0 aliphatic heterocycles. The highest BCUT2D eigenvalue weighted by molar-refractivity contribution is 5.15. The predicted octanol–water partition coefficient (Wildman–Crippen LogP) is 2.18. The van der Waals surface area contributed by atoms with Crippen molar-refractivity contribution >= 4 is 0 Å². The van der Waals surface area contributed by atoms with E-state index in [1.807, 2.05) is 19.3 Å². The summed E-state index contributed by atoms with van der Waals surface area (Å²) < 4.78 is 5.70. The molecule has 88 valence electrons. The van der Waals surface area contributed by atoms with Crippen molar-refractivity contribution < 1.29 is 4.74 Å². The summed E-state index contributed by atoms with van der Waals surface area (Å²) in [5.41, 5.74) is 8.44. The molecule has 2 N–H and O–H groups in total. The number of nitrogens with two attached hydrogens (primary N) is 1. The summed E-state index contributed by atoms with van der Waals surface area (Å²) in [7, 11) is 0. The van der Waals surface area contributed by atoms with Gasteiger partial charge in [0.1, 0.15) is 0 Å². The molecule has 0 atom stereocenters. The summed E-state index contributed by atoms with van der Waals surface area (Å²) in [4.78, 5) is 4.14. The van der Waals surface area contributed by atoms with Crippen LogP contribution in [0, 0.1) is 6.92 Å². The van der Waals surface area contributed by atoms with Crippen molar-refractivity contribution in [3.63, 3.8) is 0 Å². The van der Waals surface area contributed by atoms with E-state index in [1.165, 1.54) is 18.4 Å². The van der Waals surface area contributed by atoms with Crippen molar-refractivity contribution in [3.05, 3.63) is 29.6 Å². The van der Waals surface area contributed by atoms with Crippen LogP contribution in [0.3, 0.4) is 0 Å². The highest BCUT2D eigenvalue weighted by Gasteiger charge is 2.29. The molecule has 0 spiro atoms. The van der Waals surface area contributed by atoms with E-state index in [4.69, 9.17) is 10.5 Å². The molecular formula is C13H20N2O. The fraction of sp³-hybridized carbons (Fsp3) is 0.615. The van der Waals surface area contributed by atoms with Gasteiger partial charge in [-0.1, -0.05) is 18.9 Å². The lowest BCUT2D eigenvalue weighted by Crippen LogP contribution is -2.41. The standard InChI is InChI=1S/C13H20N2O/c1-11-6-12(8-15-7-11)9-16-10-13(14)4-2-3-5-13/h6-8H,2-5,9-10,14H2,1H3. The van der Waals surface area contributed by atoms with Gasteiger partial charge in [-0.05, 0) is 30.9 Å². The Morgan fingerprint density at radius 1 is 1.38 bits per heavy atom. The topological polar surface area (TPSA) is 48.1 Å². The molecule has 1 aliphatic rings. The highest BCUT2D eigenvalue weighted by Crippen LogP contribution is 2.27. The predicted molar refractivity (Wildman–Crippen MR) is 64.0 cm³/mol. The van der Waals surface area contributed by atoms with Crippen LogP contribution in [0.25, 0.3) is 0 Å². The second kappa shape index (κ2) is 4.93. The van der Waals surface area contributed by atoms with Gasteiger partial charge in [0.05, 0.1) is 13.2 Å². The first-order chi connectivity index (χ1) is 7.68. The maximum absolute atomic E-state index is 6.21. The monoisotopic (exact) mass is 220 g/mol. The summed E-state index contributed by atoms with van der Waals surface area (Å²) in [6.45, 7) is 3.33. The number of nitrogens with zero attached hydrogens (tertiary/aromatic N) is 1. The quantitative estimate of drug-likeness (QED) is 0.846. The summed E-state index contributed by atoms with van der Waals surface area (Å²) in [5.74, 6) is 0. The third-order valence-electron chi connectivity index (χ3n) is 3.19. The number of pyridine rings is 1. The van der Waals surface area contributed by atoms with E-state index in [-0.39, 0.29) is 5.54 Å². The Morgan fingerprint density at radius 2 is 2.12 bits per heavy atom. The maximum Gasteiger partial charge on any atom is 0.0732 e. The number of aromatic nitrogens is 1. The fourth-order valence-corrected chi connectivity index (χ4v) is 2.29. The SMILES string of the molecule is Cc1cncc(COCC2(N)CCCC2)c1. The van der Waals surface area contributed by atoms with Crippen LogP contribution < -0.4 is 5.73 Å². The van der Waals surface area contributed by atoms with Gasteiger partial charge in [0.15, 0.2) is 0 Å². The Labute approximate surface area is 97.0 Å². The van der Waals surface area contributed by atoms with Crippen molar-refractivity contribution in [2.45, 2.75) is 44.8 Å². The first-order valence-corrected chi connectivity index (χ1v) is 5.95. The number of hydrogen-bond acceptors (Lipinski definition) is 3. The summed E-state index contributed by atoms with van der Waals surface area (Å²) >= 11 is 0. The average molecular weight is 220 g/mol. The van der Waals surface area contributed by atoms with E-state index in [9.17, 15) is 0 Å². The van der Waals surface area contributed by atoms with Gasteiger partial charge in [-0.2, -0.15) is 0 Å². The molecule has 1 heterocycles. The smallest absolute Gasteiger partial charge is 0.0732 e. The van der Waals surface area contributed by atoms with E-state index in [0.717, 1.165) is 18.4 Å². The van der Waals surface area contributed by atoms with Crippen LogP contribution in [-0.2, 0) is 11.3 Å². The lowest BCUT2D eigenvalue weighted by Gasteiger charge is -2.23. The second-order valence-electron chi connectivity index (χ2n) is 4.93. The van der Waals surface area contributed by atoms with Crippen LogP contribution in [0.5, 0.6) is 0 Å². The molecule has 0 radical (unpaired) electrons. The Morgan fingerprint density at radius 3 is 2.81 bits per heavy atom. The Bertz CT molecular complexity index is 346. The average Bonchev–Trinajstić information content (AvgIpc) is 2.65. The van der Waals surface area contributed by atoms with Crippen molar-refractivity contribution in [2.75, 3.05) is 6.61 Å². The van der Waals surface area contributed by atoms with Gasteiger partial charge in [0, 0.05) is 17.9 Å². The Balaban J connectivity index is 1.79. The first kappa shape index (κ1) is 11.6. The summed E-state index contributed by atoms with van der Waals surface area (Å²) in [6.07, 6.45) is 8.38. The van der Waals surface area contributed by atoms with Crippen LogP contribution >= 0.6 is 0 Å². The normalized spacial score (nSPS) is 18.9. The van der Waals surface area contributed by atoms with Crippen molar-refractivity contribution in [1.29, 1.82) is 0 Å². The van der Waals surface area contributed by atoms with Gasteiger partial charge in [-0.15, -0.1) is 0 Å². The molecule has 0 aromatic carbocycles. The molecule has 1 fully saturated rings. The molecule has 1 aromatic heterocycles. The molecular weight excluding hydrogens is 200 g/mol. The minimum Gasteiger partial charge on any atom is -0.375 e. The molecule has 3 heteroatoms. The van der Waals surface area contributed by atoms with Crippen LogP contribution in [0.2, 0.25) is 0 Å². The maximum atomic E-state index is 6.21. The fourth-order valence-electron chi connectivity index (χ4n) is 2.29. The number of aryl methyl sites for hydroxylation is 1. The van der Waals surface area contributed by atoms with E-state index >= 15 is 0 Å². The zero-order chi connectivity index (χ0) is 11.4. The van der Waals surface area contributed by atoms with E-state index in [1.54, 1.807) is 0 Å². The number of hydrogen-bond donors (Lipinski definition) is 1. The molecule has 1 aliphatic carbocycles. The van der Waals surface area contributed by atoms with Gasteiger partial charge >= 0.3 is 0 Å². The van der Waals surface area contributed by atoms with Crippen LogP contribution in [0.15, 0.2) is 18.5 Å². The lowest BCUT2D eigenvalue weighted by molar-refractivity contribution is 0.0749. The molecule has 2 rings (SSSR count). The van der Waals surface area contributed by atoms with Crippen LogP contribution in [0.4, 0.5) is 0 Å². The minimum atomic E-state index is -0.0722.